The summed E-state index contributed by atoms with van der Waals surface area (Å²) in [6.45, 7) is 7.02. The van der Waals surface area contributed by atoms with E-state index in [2.05, 4.69) is 16.6 Å². The van der Waals surface area contributed by atoms with Crippen molar-refractivity contribution in [1.29, 1.82) is 0 Å². The zero-order valence-electron chi connectivity index (χ0n) is 20.6. The highest BCUT2D eigenvalue weighted by Crippen LogP contribution is 2.33. The highest BCUT2D eigenvalue weighted by Gasteiger charge is 2.41. The van der Waals surface area contributed by atoms with Crippen molar-refractivity contribution in [2.75, 3.05) is 13.2 Å². The van der Waals surface area contributed by atoms with Crippen molar-refractivity contribution < 1.29 is 24.2 Å². The summed E-state index contributed by atoms with van der Waals surface area (Å²) >= 11 is 0. The lowest BCUT2D eigenvalue weighted by Gasteiger charge is -2.43. The van der Waals surface area contributed by atoms with Gasteiger partial charge in [-0.05, 0) is 64.2 Å². The van der Waals surface area contributed by atoms with Gasteiger partial charge in [-0.3, -0.25) is 9.59 Å². The number of benzene rings is 1. The first kappa shape index (κ1) is 27.2. The van der Waals surface area contributed by atoms with Crippen molar-refractivity contribution in [3.63, 3.8) is 0 Å². The van der Waals surface area contributed by atoms with Gasteiger partial charge in [-0.15, -0.1) is 6.42 Å². The largest absolute Gasteiger partial charge is 0.444 e. The number of alkyl carbamates (subject to hydrolysis) is 1. The Labute approximate surface area is 202 Å². The highest BCUT2D eigenvalue weighted by molar-refractivity contribution is 5.92. The second-order valence-corrected chi connectivity index (χ2v) is 9.53. The van der Waals surface area contributed by atoms with Gasteiger partial charge in [-0.2, -0.15) is 0 Å². The Morgan fingerprint density at radius 3 is 2.35 bits per heavy atom. The molecule has 1 saturated carbocycles. The van der Waals surface area contributed by atoms with Gasteiger partial charge in [-0.1, -0.05) is 31.4 Å². The molecule has 2 rings (SSSR count). The van der Waals surface area contributed by atoms with Crippen LogP contribution in [0.1, 0.15) is 77.0 Å². The fraction of sp³-hybridized carbons (Fsp3) is 0.577. The normalized spacial score (nSPS) is 15.3. The SMILES string of the molecule is C#Cc1ccc(C(C(=O)NCCCC)N(C(=O)C(CO)NC(=O)OC(C)(C)C)C2CCC2)cc1. The lowest BCUT2D eigenvalue weighted by atomic mass is 9.88. The van der Waals surface area contributed by atoms with Gasteiger partial charge in [0.2, 0.25) is 11.8 Å². The Balaban J connectivity index is 2.39. The molecule has 0 bridgehead atoms. The lowest BCUT2D eigenvalue weighted by molar-refractivity contribution is -0.148. The minimum Gasteiger partial charge on any atom is -0.444 e. The van der Waals surface area contributed by atoms with Crippen molar-refractivity contribution in [3.8, 4) is 12.3 Å². The standard InChI is InChI=1S/C26H37N3O5/c1-6-8-16-27-23(31)22(19-14-12-18(7-2)13-15-19)29(20-10-9-11-20)24(32)21(17-30)28-25(33)34-26(3,4)5/h2,12-15,20-22,30H,6,8-11,16-17H2,1,3-5H3,(H,27,31)(H,28,33). The Hall–Kier alpha value is -3.05. The molecule has 3 N–H and O–H groups in total. The van der Waals surface area contributed by atoms with Crippen molar-refractivity contribution >= 4 is 17.9 Å². The maximum absolute atomic E-state index is 13.7. The van der Waals surface area contributed by atoms with Crippen LogP contribution in [0, 0.1) is 12.3 Å². The van der Waals surface area contributed by atoms with Crippen LogP contribution in [0.4, 0.5) is 4.79 Å². The lowest BCUT2D eigenvalue weighted by Crippen LogP contribution is -2.58. The zero-order valence-corrected chi connectivity index (χ0v) is 20.6. The monoisotopic (exact) mass is 471 g/mol. The Morgan fingerprint density at radius 1 is 1.24 bits per heavy atom. The number of aliphatic hydroxyl groups excluding tert-OH is 1. The molecule has 0 heterocycles. The predicted molar refractivity (Wildman–Crippen MR) is 130 cm³/mol. The fourth-order valence-electron chi connectivity index (χ4n) is 3.68. The average molecular weight is 472 g/mol. The van der Waals surface area contributed by atoms with Crippen molar-refractivity contribution in [1.82, 2.24) is 15.5 Å². The molecule has 34 heavy (non-hydrogen) atoms. The van der Waals surface area contributed by atoms with Crippen LogP contribution in [0.2, 0.25) is 0 Å². The summed E-state index contributed by atoms with van der Waals surface area (Å²) in [7, 11) is 0. The molecule has 1 aliphatic carbocycles. The first-order chi connectivity index (χ1) is 16.1. The first-order valence-corrected chi connectivity index (χ1v) is 11.9. The van der Waals surface area contributed by atoms with Gasteiger partial charge in [0.1, 0.15) is 17.7 Å². The number of terminal acetylenes is 1. The summed E-state index contributed by atoms with van der Waals surface area (Å²) in [5.41, 5.74) is 0.513. The van der Waals surface area contributed by atoms with E-state index in [4.69, 9.17) is 11.2 Å². The van der Waals surface area contributed by atoms with Crippen LogP contribution < -0.4 is 10.6 Å². The van der Waals surface area contributed by atoms with Gasteiger partial charge in [0.25, 0.3) is 0 Å². The Bertz CT molecular complexity index is 881. The topological polar surface area (TPSA) is 108 Å². The molecule has 0 aromatic heterocycles. The van der Waals surface area contributed by atoms with Crippen molar-refractivity contribution in [2.45, 2.75) is 83.5 Å². The van der Waals surface area contributed by atoms with Gasteiger partial charge >= 0.3 is 6.09 Å². The molecule has 1 aromatic carbocycles. The number of ether oxygens (including phenoxy) is 1. The minimum atomic E-state index is -1.24. The number of hydrogen-bond acceptors (Lipinski definition) is 5. The third kappa shape index (κ3) is 7.49. The molecule has 0 saturated heterocycles. The van der Waals surface area contributed by atoms with Crippen LogP contribution in [-0.4, -0.2) is 58.8 Å². The number of amides is 3. The number of aliphatic hydroxyl groups is 1. The van der Waals surface area contributed by atoms with E-state index >= 15 is 0 Å². The van der Waals surface area contributed by atoms with Crippen molar-refractivity contribution in [2.24, 2.45) is 0 Å². The third-order valence-electron chi connectivity index (χ3n) is 5.64. The van der Waals surface area contributed by atoms with Crippen LogP contribution >= 0.6 is 0 Å². The summed E-state index contributed by atoms with van der Waals surface area (Å²) in [5, 5.41) is 15.3. The quantitative estimate of drug-likeness (QED) is 0.359. The zero-order chi connectivity index (χ0) is 25.3. The van der Waals surface area contributed by atoms with Gasteiger partial charge in [0.05, 0.1) is 6.61 Å². The van der Waals surface area contributed by atoms with E-state index in [-0.39, 0.29) is 11.9 Å². The van der Waals surface area contributed by atoms with E-state index in [0.717, 1.165) is 32.1 Å². The summed E-state index contributed by atoms with van der Waals surface area (Å²) in [5.74, 6) is 1.71. The molecule has 0 radical (unpaired) electrons. The van der Waals surface area contributed by atoms with E-state index in [0.29, 0.717) is 17.7 Å². The van der Waals surface area contributed by atoms with Crippen LogP contribution in [0.15, 0.2) is 24.3 Å². The van der Waals surface area contributed by atoms with E-state index < -0.39 is 36.3 Å². The molecule has 3 amide bonds. The number of nitrogens with one attached hydrogen (secondary N) is 2. The van der Waals surface area contributed by atoms with Crippen LogP contribution in [-0.2, 0) is 14.3 Å². The molecule has 2 atom stereocenters. The fourth-order valence-corrected chi connectivity index (χ4v) is 3.68. The second kappa shape index (κ2) is 12.4. The van der Waals surface area contributed by atoms with Crippen LogP contribution in [0.3, 0.4) is 0 Å². The smallest absolute Gasteiger partial charge is 0.408 e. The first-order valence-electron chi connectivity index (χ1n) is 11.9. The second-order valence-electron chi connectivity index (χ2n) is 9.53. The van der Waals surface area contributed by atoms with E-state index in [1.165, 1.54) is 4.90 Å². The average Bonchev–Trinajstić information content (AvgIpc) is 2.74. The number of hydrogen-bond donors (Lipinski definition) is 3. The molecule has 1 fully saturated rings. The minimum absolute atomic E-state index is 0.184. The Kier molecular flexibility index (Phi) is 9.94. The van der Waals surface area contributed by atoms with Gasteiger partial charge in [-0.25, -0.2) is 4.79 Å². The molecular formula is C26H37N3O5. The number of carbonyl (C=O) groups is 3. The molecule has 8 heteroatoms. The van der Waals surface area contributed by atoms with E-state index in [1.54, 1.807) is 45.0 Å². The van der Waals surface area contributed by atoms with Gasteiger partial charge in [0, 0.05) is 18.2 Å². The molecule has 1 aromatic rings. The number of unbranched alkanes of at least 4 members (excludes halogenated alkanes) is 1. The molecule has 2 unspecified atom stereocenters. The van der Waals surface area contributed by atoms with E-state index in [9.17, 15) is 19.5 Å². The van der Waals surface area contributed by atoms with Crippen molar-refractivity contribution in [3.05, 3.63) is 35.4 Å². The van der Waals surface area contributed by atoms with Crippen LogP contribution in [0.25, 0.3) is 0 Å². The number of rotatable bonds is 10. The summed E-state index contributed by atoms with van der Waals surface area (Å²) < 4.78 is 5.25. The molecule has 0 aliphatic heterocycles. The van der Waals surface area contributed by atoms with Crippen LogP contribution in [0.5, 0.6) is 0 Å². The van der Waals surface area contributed by atoms with E-state index in [1.807, 2.05) is 6.92 Å². The summed E-state index contributed by atoms with van der Waals surface area (Å²) in [6, 6.07) is 4.60. The summed E-state index contributed by atoms with van der Waals surface area (Å²) in [6.07, 6.45) is 8.79. The maximum atomic E-state index is 13.7. The molecule has 186 valence electrons. The molecule has 0 spiro atoms. The Morgan fingerprint density at radius 2 is 1.88 bits per heavy atom. The van der Waals surface area contributed by atoms with Gasteiger partial charge in [0.15, 0.2) is 0 Å². The number of carbonyl (C=O) groups excluding carboxylic acids is 3. The molecule has 8 nitrogen and oxygen atoms in total. The number of nitrogens with zero attached hydrogens (tertiary/aromatic N) is 1. The highest BCUT2D eigenvalue weighted by atomic mass is 16.6. The molecule has 1 aliphatic rings. The summed E-state index contributed by atoms with van der Waals surface area (Å²) in [4.78, 5) is 40.9. The molecular weight excluding hydrogens is 434 g/mol. The maximum Gasteiger partial charge on any atom is 0.408 e. The third-order valence-corrected chi connectivity index (χ3v) is 5.64. The predicted octanol–water partition coefficient (Wildman–Crippen LogP) is 2.89. The van der Waals surface area contributed by atoms with Gasteiger partial charge < -0.3 is 25.4 Å².